The molecule has 6 heteroatoms. The van der Waals surface area contributed by atoms with Crippen molar-refractivity contribution in [3.8, 4) is 5.75 Å². The number of para-hydroxylation sites is 1. The molecule has 142 valence electrons. The molecule has 0 unspecified atom stereocenters. The summed E-state index contributed by atoms with van der Waals surface area (Å²) >= 11 is 0. The number of hydrogen-bond acceptors (Lipinski definition) is 3. The number of ether oxygens (including phenoxy) is 1. The highest BCUT2D eigenvalue weighted by molar-refractivity contribution is 6.03. The molecule has 3 rings (SSSR count). The lowest BCUT2D eigenvalue weighted by molar-refractivity contribution is 0.101. The lowest BCUT2D eigenvalue weighted by Crippen LogP contribution is -2.41. The van der Waals surface area contributed by atoms with Crippen molar-refractivity contribution in [3.63, 3.8) is 0 Å². The summed E-state index contributed by atoms with van der Waals surface area (Å²) in [4.78, 5) is 23.9. The molecule has 1 aliphatic carbocycles. The molecule has 0 aromatic heterocycles. The van der Waals surface area contributed by atoms with E-state index in [1.54, 1.807) is 36.4 Å². The molecular formula is C21H23FN2O3. The Morgan fingerprint density at radius 1 is 1.00 bits per heavy atom. The van der Waals surface area contributed by atoms with E-state index in [4.69, 9.17) is 4.74 Å². The van der Waals surface area contributed by atoms with Crippen molar-refractivity contribution in [2.75, 3.05) is 5.32 Å². The van der Waals surface area contributed by atoms with Gasteiger partial charge in [-0.3, -0.25) is 4.79 Å². The first kappa shape index (κ1) is 18.9. The lowest BCUT2D eigenvalue weighted by Gasteiger charge is -2.29. The maximum absolute atomic E-state index is 12.9. The van der Waals surface area contributed by atoms with Crippen LogP contribution in [0.1, 0.15) is 43.0 Å². The molecule has 5 nitrogen and oxygen atoms in total. The molecule has 0 aliphatic heterocycles. The van der Waals surface area contributed by atoms with Gasteiger partial charge in [0.05, 0.1) is 11.8 Å². The molecule has 0 heterocycles. The summed E-state index contributed by atoms with van der Waals surface area (Å²) in [6.45, 7) is 1.47. The number of carbonyl (C=O) groups excluding carboxylic acids is 2. The van der Waals surface area contributed by atoms with E-state index in [0.717, 1.165) is 25.7 Å². The van der Waals surface area contributed by atoms with Gasteiger partial charge in [0, 0.05) is 11.6 Å². The summed E-state index contributed by atoms with van der Waals surface area (Å²) in [5.41, 5.74) is 1.000. The van der Waals surface area contributed by atoms with Crippen molar-refractivity contribution in [1.29, 1.82) is 0 Å². The van der Waals surface area contributed by atoms with Gasteiger partial charge in [-0.2, -0.15) is 0 Å². The minimum absolute atomic E-state index is 0.0579. The number of ketones is 1. The van der Waals surface area contributed by atoms with Crippen LogP contribution in [0.2, 0.25) is 0 Å². The minimum atomic E-state index is -0.313. The fourth-order valence-electron chi connectivity index (χ4n) is 3.27. The normalized spacial score (nSPS) is 19.2. The maximum atomic E-state index is 12.9. The first-order valence-corrected chi connectivity index (χ1v) is 9.11. The standard InChI is InChI=1S/C21H23FN2O3/c1-14(25)19-4-2-3-5-20(19)24-21(26)23-16-8-12-18(13-9-16)27-17-10-6-15(22)7-11-17/h2-7,10-11,16,18H,8-9,12-13H2,1H3,(H2,23,24,26)/t16-,18+. The molecule has 1 saturated carbocycles. The van der Waals surface area contributed by atoms with Crippen LogP contribution < -0.4 is 15.4 Å². The number of urea groups is 1. The summed E-state index contributed by atoms with van der Waals surface area (Å²) in [6, 6.07) is 12.7. The average Bonchev–Trinajstić information content (AvgIpc) is 2.65. The van der Waals surface area contributed by atoms with E-state index in [2.05, 4.69) is 10.6 Å². The van der Waals surface area contributed by atoms with E-state index in [9.17, 15) is 14.0 Å². The quantitative estimate of drug-likeness (QED) is 0.760. The Morgan fingerprint density at radius 2 is 1.67 bits per heavy atom. The third-order valence-corrected chi connectivity index (χ3v) is 4.68. The van der Waals surface area contributed by atoms with Crippen LogP contribution in [0, 0.1) is 5.82 Å². The van der Waals surface area contributed by atoms with Crippen LogP contribution >= 0.6 is 0 Å². The number of nitrogens with one attached hydrogen (secondary N) is 2. The van der Waals surface area contributed by atoms with Gasteiger partial charge in [-0.05, 0) is 69.0 Å². The first-order valence-electron chi connectivity index (χ1n) is 9.11. The molecule has 0 bridgehead atoms. The van der Waals surface area contributed by atoms with Crippen molar-refractivity contribution >= 4 is 17.5 Å². The molecule has 1 fully saturated rings. The fourth-order valence-corrected chi connectivity index (χ4v) is 3.27. The smallest absolute Gasteiger partial charge is 0.319 e. The Bertz CT molecular complexity index is 799. The average molecular weight is 370 g/mol. The molecular weight excluding hydrogens is 347 g/mol. The van der Waals surface area contributed by atoms with Crippen LogP contribution in [-0.4, -0.2) is 24.0 Å². The van der Waals surface area contributed by atoms with Gasteiger partial charge >= 0.3 is 6.03 Å². The van der Waals surface area contributed by atoms with Crippen molar-refractivity contribution in [2.24, 2.45) is 0 Å². The summed E-state index contributed by atoms with van der Waals surface area (Å²) in [6.07, 6.45) is 3.29. The number of carbonyl (C=O) groups is 2. The Kier molecular flexibility index (Phi) is 6.06. The van der Waals surface area contributed by atoms with Crippen molar-refractivity contribution in [3.05, 3.63) is 59.9 Å². The van der Waals surface area contributed by atoms with Gasteiger partial charge in [-0.25, -0.2) is 9.18 Å². The van der Waals surface area contributed by atoms with E-state index >= 15 is 0 Å². The highest BCUT2D eigenvalue weighted by atomic mass is 19.1. The number of rotatable bonds is 5. The second-order valence-electron chi connectivity index (χ2n) is 6.75. The molecule has 0 spiro atoms. The number of amides is 2. The zero-order chi connectivity index (χ0) is 19.2. The lowest BCUT2D eigenvalue weighted by atomic mass is 9.93. The van der Waals surface area contributed by atoms with E-state index in [1.165, 1.54) is 19.1 Å². The number of halogens is 1. The Balaban J connectivity index is 1.47. The third kappa shape index (κ3) is 5.29. The maximum Gasteiger partial charge on any atom is 0.319 e. The van der Waals surface area contributed by atoms with Gasteiger partial charge in [0.25, 0.3) is 0 Å². The number of hydrogen-bond donors (Lipinski definition) is 2. The van der Waals surface area contributed by atoms with Gasteiger partial charge in [0.1, 0.15) is 11.6 Å². The molecule has 2 aromatic carbocycles. The molecule has 2 amide bonds. The second kappa shape index (κ2) is 8.66. The molecule has 1 aliphatic rings. The molecule has 0 atom stereocenters. The summed E-state index contributed by atoms with van der Waals surface area (Å²) < 4.78 is 18.8. The van der Waals surface area contributed by atoms with E-state index in [0.29, 0.717) is 17.0 Å². The zero-order valence-electron chi connectivity index (χ0n) is 15.2. The highest BCUT2D eigenvalue weighted by Gasteiger charge is 2.24. The van der Waals surface area contributed by atoms with E-state index < -0.39 is 0 Å². The van der Waals surface area contributed by atoms with Crippen molar-refractivity contribution < 1.29 is 18.7 Å². The van der Waals surface area contributed by atoms with Gasteiger partial charge in [-0.1, -0.05) is 12.1 Å². The van der Waals surface area contributed by atoms with Gasteiger partial charge in [-0.15, -0.1) is 0 Å². The van der Waals surface area contributed by atoms with Crippen LogP contribution in [0.15, 0.2) is 48.5 Å². The van der Waals surface area contributed by atoms with Gasteiger partial charge in [0.2, 0.25) is 0 Å². The van der Waals surface area contributed by atoms with Crippen molar-refractivity contribution in [2.45, 2.75) is 44.8 Å². The first-order chi connectivity index (χ1) is 13.0. The summed E-state index contributed by atoms with van der Waals surface area (Å²) in [7, 11) is 0. The third-order valence-electron chi connectivity index (χ3n) is 4.68. The molecule has 27 heavy (non-hydrogen) atoms. The largest absolute Gasteiger partial charge is 0.490 e. The Morgan fingerprint density at radius 3 is 2.33 bits per heavy atom. The minimum Gasteiger partial charge on any atom is -0.490 e. The van der Waals surface area contributed by atoms with E-state index in [1.807, 2.05) is 0 Å². The number of anilines is 1. The van der Waals surface area contributed by atoms with Crippen molar-refractivity contribution in [1.82, 2.24) is 5.32 Å². The summed E-state index contributed by atoms with van der Waals surface area (Å²) in [5.74, 6) is 0.281. The molecule has 0 saturated heterocycles. The van der Waals surface area contributed by atoms with Crippen LogP contribution in [0.4, 0.5) is 14.9 Å². The molecule has 2 aromatic rings. The predicted octanol–water partition coefficient (Wildman–Crippen LogP) is 4.54. The number of Topliss-reactive ketones (excluding diaryl/α,β-unsaturated/α-hetero) is 1. The molecule has 0 radical (unpaired) electrons. The Labute approximate surface area is 157 Å². The number of benzene rings is 2. The monoisotopic (exact) mass is 370 g/mol. The fraction of sp³-hybridized carbons (Fsp3) is 0.333. The van der Waals surface area contributed by atoms with Crippen LogP contribution in [-0.2, 0) is 0 Å². The SMILES string of the molecule is CC(=O)c1ccccc1NC(=O)N[C@H]1CC[C@@H](Oc2ccc(F)cc2)CC1. The Hall–Kier alpha value is -2.89. The van der Waals surface area contributed by atoms with Gasteiger partial charge < -0.3 is 15.4 Å². The zero-order valence-corrected chi connectivity index (χ0v) is 15.2. The van der Waals surface area contributed by atoms with E-state index in [-0.39, 0.29) is 29.8 Å². The molecule has 2 N–H and O–H groups in total. The second-order valence-corrected chi connectivity index (χ2v) is 6.75. The topological polar surface area (TPSA) is 67.4 Å². The van der Waals surface area contributed by atoms with Crippen LogP contribution in [0.25, 0.3) is 0 Å². The van der Waals surface area contributed by atoms with Crippen LogP contribution in [0.5, 0.6) is 5.75 Å². The van der Waals surface area contributed by atoms with Crippen LogP contribution in [0.3, 0.4) is 0 Å². The highest BCUT2D eigenvalue weighted by Crippen LogP contribution is 2.24. The van der Waals surface area contributed by atoms with Gasteiger partial charge in [0.15, 0.2) is 5.78 Å². The summed E-state index contributed by atoms with van der Waals surface area (Å²) in [5, 5.41) is 5.72. The predicted molar refractivity (Wildman–Crippen MR) is 102 cm³/mol.